The Bertz CT molecular complexity index is 678. The van der Waals surface area contributed by atoms with E-state index in [1.165, 1.54) is 11.8 Å². The summed E-state index contributed by atoms with van der Waals surface area (Å²) in [6.45, 7) is 5.66. The molecule has 1 aliphatic heterocycles. The van der Waals surface area contributed by atoms with E-state index >= 15 is 0 Å². The molecule has 128 valence electrons. The second-order valence-corrected chi connectivity index (χ2v) is 6.35. The lowest BCUT2D eigenvalue weighted by Gasteiger charge is -2.10. The maximum atomic E-state index is 12.0. The zero-order valence-electron chi connectivity index (χ0n) is 13.3. The van der Waals surface area contributed by atoms with Crippen molar-refractivity contribution in [3.8, 4) is 11.6 Å². The fourth-order valence-corrected chi connectivity index (χ4v) is 3.27. The number of amides is 1. The number of thioether (sulfide) groups is 1. The van der Waals surface area contributed by atoms with Crippen LogP contribution in [0, 0.1) is 0 Å². The molecule has 0 radical (unpaired) electrons. The summed E-state index contributed by atoms with van der Waals surface area (Å²) in [5, 5.41) is 11.9. The third kappa shape index (κ3) is 4.07. The molecule has 24 heavy (non-hydrogen) atoms. The van der Waals surface area contributed by atoms with E-state index in [1.54, 1.807) is 18.4 Å². The first-order valence-corrected chi connectivity index (χ1v) is 8.85. The van der Waals surface area contributed by atoms with Crippen LogP contribution in [0.2, 0.25) is 0 Å². The molecule has 1 unspecified atom stereocenters. The fourth-order valence-electron chi connectivity index (χ4n) is 2.49. The molecule has 0 saturated carbocycles. The Hall–Kier alpha value is -2.06. The van der Waals surface area contributed by atoms with Crippen LogP contribution < -0.4 is 5.32 Å². The Morgan fingerprint density at radius 3 is 3.17 bits per heavy atom. The highest BCUT2D eigenvalue weighted by Gasteiger charge is 2.18. The van der Waals surface area contributed by atoms with E-state index in [-0.39, 0.29) is 17.8 Å². The molecule has 8 heteroatoms. The number of hydrogen-bond donors (Lipinski definition) is 1. The first kappa shape index (κ1) is 16.8. The van der Waals surface area contributed by atoms with Crippen molar-refractivity contribution in [2.75, 3.05) is 18.9 Å². The van der Waals surface area contributed by atoms with E-state index in [4.69, 9.17) is 9.15 Å². The zero-order chi connectivity index (χ0) is 16.8. The average Bonchev–Trinajstić information content (AvgIpc) is 3.32. The van der Waals surface area contributed by atoms with Crippen LogP contribution in [-0.4, -0.2) is 45.7 Å². The SMILES string of the molecule is C=CCn1c(SCC(=O)NCC2CCCO2)nnc1-c1ccco1. The van der Waals surface area contributed by atoms with Gasteiger partial charge < -0.3 is 14.5 Å². The van der Waals surface area contributed by atoms with E-state index in [0.29, 0.717) is 29.8 Å². The molecule has 1 amide bonds. The van der Waals surface area contributed by atoms with Gasteiger partial charge in [0.05, 0.1) is 18.1 Å². The van der Waals surface area contributed by atoms with Gasteiger partial charge in [-0.25, -0.2) is 0 Å². The largest absolute Gasteiger partial charge is 0.461 e. The Morgan fingerprint density at radius 2 is 2.46 bits per heavy atom. The van der Waals surface area contributed by atoms with Gasteiger partial charge in [0.2, 0.25) is 11.7 Å². The molecule has 3 rings (SSSR count). The highest BCUT2D eigenvalue weighted by Crippen LogP contribution is 2.24. The molecule has 3 heterocycles. The average molecular weight is 348 g/mol. The normalized spacial score (nSPS) is 17.1. The van der Waals surface area contributed by atoms with Crippen molar-refractivity contribution >= 4 is 17.7 Å². The summed E-state index contributed by atoms with van der Waals surface area (Å²) in [5.74, 6) is 1.50. The minimum absolute atomic E-state index is 0.0387. The number of ether oxygens (including phenoxy) is 1. The monoisotopic (exact) mass is 348 g/mol. The second-order valence-electron chi connectivity index (χ2n) is 5.41. The Morgan fingerprint density at radius 1 is 1.54 bits per heavy atom. The van der Waals surface area contributed by atoms with Gasteiger partial charge in [-0.05, 0) is 25.0 Å². The molecular weight excluding hydrogens is 328 g/mol. The quantitative estimate of drug-likeness (QED) is 0.581. The molecule has 1 atom stereocenters. The van der Waals surface area contributed by atoms with Crippen molar-refractivity contribution in [1.82, 2.24) is 20.1 Å². The van der Waals surface area contributed by atoms with Crippen molar-refractivity contribution in [1.29, 1.82) is 0 Å². The summed E-state index contributed by atoms with van der Waals surface area (Å²) < 4.78 is 12.8. The van der Waals surface area contributed by atoms with Gasteiger partial charge in [-0.1, -0.05) is 17.8 Å². The van der Waals surface area contributed by atoms with Gasteiger partial charge in [0.15, 0.2) is 10.9 Å². The van der Waals surface area contributed by atoms with Crippen molar-refractivity contribution in [2.24, 2.45) is 0 Å². The summed E-state index contributed by atoms with van der Waals surface area (Å²) in [4.78, 5) is 12.0. The summed E-state index contributed by atoms with van der Waals surface area (Å²) in [5.41, 5.74) is 0. The molecule has 1 aliphatic rings. The predicted molar refractivity (Wildman–Crippen MR) is 90.6 cm³/mol. The number of nitrogens with one attached hydrogen (secondary N) is 1. The molecule has 2 aromatic rings. The van der Waals surface area contributed by atoms with Gasteiger partial charge in [0.1, 0.15) is 0 Å². The van der Waals surface area contributed by atoms with Crippen LogP contribution in [0.1, 0.15) is 12.8 Å². The smallest absolute Gasteiger partial charge is 0.230 e. The van der Waals surface area contributed by atoms with Gasteiger partial charge in [0, 0.05) is 19.7 Å². The number of aromatic nitrogens is 3. The summed E-state index contributed by atoms with van der Waals surface area (Å²) >= 11 is 1.34. The number of hydrogen-bond acceptors (Lipinski definition) is 6. The summed E-state index contributed by atoms with van der Waals surface area (Å²) in [6.07, 6.45) is 5.57. The lowest BCUT2D eigenvalue weighted by atomic mass is 10.2. The number of allylic oxidation sites excluding steroid dienone is 1. The van der Waals surface area contributed by atoms with Gasteiger partial charge in [-0.2, -0.15) is 0 Å². The molecule has 0 spiro atoms. The van der Waals surface area contributed by atoms with Crippen molar-refractivity contribution in [3.05, 3.63) is 31.1 Å². The van der Waals surface area contributed by atoms with Crippen LogP contribution in [0.15, 0.2) is 40.6 Å². The number of carbonyl (C=O) groups excluding carboxylic acids is 1. The molecule has 1 N–H and O–H groups in total. The fraction of sp³-hybridized carbons (Fsp3) is 0.438. The number of rotatable bonds is 8. The third-order valence-corrected chi connectivity index (χ3v) is 4.62. The van der Waals surface area contributed by atoms with Gasteiger partial charge in [-0.3, -0.25) is 9.36 Å². The van der Waals surface area contributed by atoms with Crippen LogP contribution in [0.5, 0.6) is 0 Å². The van der Waals surface area contributed by atoms with Gasteiger partial charge >= 0.3 is 0 Å². The lowest BCUT2D eigenvalue weighted by Crippen LogP contribution is -2.32. The Labute approximate surface area is 144 Å². The molecule has 0 aliphatic carbocycles. The summed E-state index contributed by atoms with van der Waals surface area (Å²) in [7, 11) is 0. The number of nitrogens with zero attached hydrogens (tertiary/aromatic N) is 3. The first-order valence-electron chi connectivity index (χ1n) is 7.87. The molecular formula is C16H20N4O3S. The minimum atomic E-state index is -0.0387. The van der Waals surface area contributed by atoms with Crippen molar-refractivity contribution in [3.63, 3.8) is 0 Å². The van der Waals surface area contributed by atoms with Crippen LogP contribution in [0.4, 0.5) is 0 Å². The van der Waals surface area contributed by atoms with E-state index in [0.717, 1.165) is 19.4 Å². The minimum Gasteiger partial charge on any atom is -0.461 e. The standard InChI is InChI=1S/C16H20N4O3S/c1-2-7-20-15(13-6-4-9-23-13)18-19-16(20)24-11-14(21)17-10-12-5-3-8-22-12/h2,4,6,9,12H,1,3,5,7-8,10-11H2,(H,17,21). The number of furan rings is 1. The van der Waals surface area contributed by atoms with E-state index in [2.05, 4.69) is 22.1 Å². The summed E-state index contributed by atoms with van der Waals surface area (Å²) in [6, 6.07) is 3.62. The molecule has 7 nitrogen and oxygen atoms in total. The van der Waals surface area contributed by atoms with Crippen molar-refractivity contribution in [2.45, 2.75) is 30.6 Å². The second kappa shape index (κ2) is 8.16. The molecule has 1 fully saturated rings. The molecule has 0 bridgehead atoms. The molecule has 0 aromatic carbocycles. The predicted octanol–water partition coefficient (Wildman–Crippen LogP) is 2.11. The van der Waals surface area contributed by atoms with E-state index in [1.807, 2.05) is 10.6 Å². The van der Waals surface area contributed by atoms with Crippen LogP contribution in [0.3, 0.4) is 0 Å². The molecule has 2 aromatic heterocycles. The van der Waals surface area contributed by atoms with Gasteiger partial charge in [-0.15, -0.1) is 16.8 Å². The van der Waals surface area contributed by atoms with Gasteiger partial charge in [0.25, 0.3) is 0 Å². The third-order valence-electron chi connectivity index (χ3n) is 3.65. The van der Waals surface area contributed by atoms with Crippen LogP contribution >= 0.6 is 11.8 Å². The Balaban J connectivity index is 1.58. The van der Waals surface area contributed by atoms with E-state index in [9.17, 15) is 4.79 Å². The van der Waals surface area contributed by atoms with Crippen LogP contribution in [-0.2, 0) is 16.1 Å². The number of carbonyl (C=O) groups is 1. The lowest BCUT2D eigenvalue weighted by molar-refractivity contribution is -0.119. The highest BCUT2D eigenvalue weighted by molar-refractivity contribution is 7.99. The van der Waals surface area contributed by atoms with Crippen molar-refractivity contribution < 1.29 is 13.9 Å². The highest BCUT2D eigenvalue weighted by atomic mass is 32.2. The van der Waals surface area contributed by atoms with Crippen LogP contribution in [0.25, 0.3) is 11.6 Å². The Kier molecular flexibility index (Phi) is 5.71. The maximum absolute atomic E-state index is 12.0. The zero-order valence-corrected chi connectivity index (χ0v) is 14.1. The first-order chi connectivity index (χ1) is 11.8. The topological polar surface area (TPSA) is 82.2 Å². The van der Waals surface area contributed by atoms with E-state index < -0.39 is 0 Å². The molecule has 1 saturated heterocycles. The maximum Gasteiger partial charge on any atom is 0.230 e.